The molecule has 1 aliphatic heterocycles. The number of anilines is 1. The van der Waals surface area contributed by atoms with Crippen molar-refractivity contribution in [3.05, 3.63) is 65.1 Å². The highest BCUT2D eigenvalue weighted by Gasteiger charge is 2.30. The summed E-state index contributed by atoms with van der Waals surface area (Å²) in [5.74, 6) is 0.154. The van der Waals surface area contributed by atoms with Crippen LogP contribution >= 0.6 is 0 Å². The van der Waals surface area contributed by atoms with Gasteiger partial charge in [0.1, 0.15) is 17.3 Å². The monoisotopic (exact) mass is 403 g/mol. The Labute approximate surface area is 175 Å². The van der Waals surface area contributed by atoms with E-state index in [1.54, 1.807) is 4.90 Å². The molecule has 0 spiro atoms. The summed E-state index contributed by atoms with van der Waals surface area (Å²) >= 11 is 0. The number of phenolic OH excluding ortho intramolecular Hbond substituents is 2. The SMILES string of the molecule is CCc1cnc(C)nc1-c1ccc2c(c1)CC[C@H](C)N2C(=O)c1ccc(O)cc1O. The summed E-state index contributed by atoms with van der Waals surface area (Å²) in [5, 5.41) is 19.7. The zero-order valence-corrected chi connectivity index (χ0v) is 17.4. The molecule has 154 valence electrons. The first-order chi connectivity index (χ1) is 14.4. The predicted octanol–water partition coefficient (Wildman–Crippen LogP) is 4.41. The van der Waals surface area contributed by atoms with Crippen LogP contribution in [-0.4, -0.2) is 32.1 Å². The Kier molecular flexibility index (Phi) is 5.16. The average Bonchev–Trinajstić information content (AvgIpc) is 2.73. The number of aromatic hydroxyl groups is 2. The number of nitrogens with zero attached hydrogens (tertiary/aromatic N) is 3. The van der Waals surface area contributed by atoms with Crippen LogP contribution in [0.2, 0.25) is 0 Å². The Morgan fingerprint density at radius 2 is 2.00 bits per heavy atom. The van der Waals surface area contributed by atoms with Crippen molar-refractivity contribution in [3.8, 4) is 22.8 Å². The van der Waals surface area contributed by atoms with E-state index in [0.29, 0.717) is 0 Å². The lowest BCUT2D eigenvalue weighted by Gasteiger charge is -2.35. The maximum Gasteiger partial charge on any atom is 0.262 e. The predicted molar refractivity (Wildman–Crippen MR) is 116 cm³/mol. The maximum absolute atomic E-state index is 13.3. The van der Waals surface area contributed by atoms with Gasteiger partial charge in [0, 0.05) is 29.6 Å². The number of aryl methyl sites for hydroxylation is 3. The summed E-state index contributed by atoms with van der Waals surface area (Å²) in [7, 11) is 0. The van der Waals surface area contributed by atoms with Gasteiger partial charge in [0.2, 0.25) is 0 Å². The average molecular weight is 403 g/mol. The molecule has 6 heteroatoms. The number of rotatable bonds is 3. The Hall–Kier alpha value is -3.41. The molecule has 0 radical (unpaired) electrons. The molecular weight excluding hydrogens is 378 g/mol. The van der Waals surface area contributed by atoms with Crippen LogP contribution in [0.15, 0.2) is 42.6 Å². The maximum atomic E-state index is 13.3. The van der Waals surface area contributed by atoms with Gasteiger partial charge in [-0.2, -0.15) is 0 Å². The number of benzene rings is 2. The quantitative estimate of drug-likeness (QED) is 0.677. The first-order valence-electron chi connectivity index (χ1n) is 10.2. The van der Waals surface area contributed by atoms with E-state index in [-0.39, 0.29) is 29.0 Å². The molecule has 0 unspecified atom stereocenters. The molecule has 30 heavy (non-hydrogen) atoms. The summed E-state index contributed by atoms with van der Waals surface area (Å²) in [6.07, 6.45) is 4.41. The van der Waals surface area contributed by atoms with Crippen molar-refractivity contribution in [2.75, 3.05) is 4.90 Å². The van der Waals surface area contributed by atoms with Gasteiger partial charge in [0.05, 0.1) is 11.3 Å². The van der Waals surface area contributed by atoms with Crippen LogP contribution in [0.5, 0.6) is 11.5 Å². The van der Waals surface area contributed by atoms with Gasteiger partial charge in [-0.05, 0) is 68.5 Å². The van der Waals surface area contributed by atoms with Gasteiger partial charge in [0.25, 0.3) is 5.91 Å². The Morgan fingerprint density at radius 1 is 1.20 bits per heavy atom. The third-order valence-electron chi connectivity index (χ3n) is 5.68. The van der Waals surface area contributed by atoms with Crippen molar-refractivity contribution >= 4 is 11.6 Å². The van der Waals surface area contributed by atoms with Crippen LogP contribution < -0.4 is 4.90 Å². The normalized spacial score (nSPS) is 15.7. The van der Waals surface area contributed by atoms with Crippen molar-refractivity contribution in [1.29, 1.82) is 0 Å². The van der Waals surface area contributed by atoms with E-state index < -0.39 is 0 Å². The number of aromatic nitrogens is 2. The van der Waals surface area contributed by atoms with Gasteiger partial charge >= 0.3 is 0 Å². The van der Waals surface area contributed by atoms with E-state index in [2.05, 4.69) is 23.0 Å². The van der Waals surface area contributed by atoms with E-state index in [9.17, 15) is 15.0 Å². The fourth-order valence-electron chi connectivity index (χ4n) is 4.04. The standard InChI is InChI=1S/C24H25N3O3/c1-4-16-13-25-15(3)26-23(16)18-7-10-21-17(11-18)6-5-14(2)27(21)24(30)20-9-8-19(28)12-22(20)29/h7-14,28-29H,4-6H2,1-3H3/t14-/m0/s1. The molecule has 0 saturated heterocycles. The van der Waals surface area contributed by atoms with Crippen molar-refractivity contribution in [3.63, 3.8) is 0 Å². The molecule has 1 aromatic heterocycles. The molecule has 4 rings (SSSR count). The van der Waals surface area contributed by atoms with E-state index in [4.69, 9.17) is 0 Å². The molecule has 0 saturated carbocycles. The van der Waals surface area contributed by atoms with E-state index in [1.165, 1.54) is 18.2 Å². The number of carbonyl (C=O) groups is 1. The number of phenols is 2. The summed E-state index contributed by atoms with van der Waals surface area (Å²) in [6, 6.07) is 10.1. The molecule has 2 N–H and O–H groups in total. The fraction of sp³-hybridized carbons (Fsp3) is 0.292. The lowest BCUT2D eigenvalue weighted by Crippen LogP contribution is -2.42. The van der Waals surface area contributed by atoms with E-state index in [1.807, 2.05) is 32.2 Å². The summed E-state index contributed by atoms with van der Waals surface area (Å²) in [4.78, 5) is 24.0. The van der Waals surface area contributed by atoms with Crippen LogP contribution in [0.1, 0.15) is 47.6 Å². The van der Waals surface area contributed by atoms with E-state index >= 15 is 0 Å². The second-order valence-corrected chi connectivity index (χ2v) is 7.75. The summed E-state index contributed by atoms with van der Waals surface area (Å²) in [6.45, 7) is 5.98. The van der Waals surface area contributed by atoms with Gasteiger partial charge in [-0.25, -0.2) is 9.97 Å². The van der Waals surface area contributed by atoms with Crippen molar-refractivity contribution in [2.45, 2.75) is 46.1 Å². The third kappa shape index (κ3) is 3.49. The van der Waals surface area contributed by atoms with Crippen LogP contribution in [0.3, 0.4) is 0 Å². The molecule has 2 aromatic carbocycles. The molecule has 0 aliphatic carbocycles. The van der Waals surface area contributed by atoms with Gasteiger partial charge in [-0.15, -0.1) is 0 Å². The zero-order chi connectivity index (χ0) is 21.4. The highest BCUT2D eigenvalue weighted by Crippen LogP contribution is 2.36. The number of amides is 1. The van der Waals surface area contributed by atoms with Crippen LogP contribution in [0.25, 0.3) is 11.3 Å². The molecule has 6 nitrogen and oxygen atoms in total. The minimum absolute atomic E-state index is 0.00319. The zero-order valence-electron chi connectivity index (χ0n) is 17.4. The van der Waals surface area contributed by atoms with Crippen molar-refractivity contribution in [2.24, 2.45) is 0 Å². The van der Waals surface area contributed by atoms with Crippen molar-refractivity contribution < 1.29 is 15.0 Å². The minimum atomic E-state index is -0.277. The van der Waals surface area contributed by atoms with Crippen LogP contribution in [-0.2, 0) is 12.8 Å². The van der Waals surface area contributed by atoms with Gasteiger partial charge in [0.15, 0.2) is 0 Å². The summed E-state index contributed by atoms with van der Waals surface area (Å²) in [5.41, 5.74) is 5.14. The number of hydrogen-bond acceptors (Lipinski definition) is 5. The smallest absolute Gasteiger partial charge is 0.262 e. The largest absolute Gasteiger partial charge is 0.508 e. The Bertz CT molecular complexity index is 1130. The fourth-order valence-corrected chi connectivity index (χ4v) is 4.04. The highest BCUT2D eigenvalue weighted by molar-refractivity contribution is 6.09. The molecule has 3 aromatic rings. The highest BCUT2D eigenvalue weighted by atomic mass is 16.3. The molecule has 1 atom stereocenters. The summed E-state index contributed by atoms with van der Waals surface area (Å²) < 4.78 is 0. The minimum Gasteiger partial charge on any atom is -0.508 e. The second-order valence-electron chi connectivity index (χ2n) is 7.75. The number of hydrogen-bond donors (Lipinski definition) is 2. The van der Waals surface area contributed by atoms with E-state index in [0.717, 1.165) is 53.2 Å². The first kappa shape index (κ1) is 19.9. The second kappa shape index (κ2) is 7.78. The molecule has 0 bridgehead atoms. The van der Waals surface area contributed by atoms with Gasteiger partial charge in [-0.3, -0.25) is 4.79 Å². The Morgan fingerprint density at radius 3 is 2.73 bits per heavy atom. The van der Waals surface area contributed by atoms with Crippen LogP contribution in [0, 0.1) is 6.92 Å². The molecular formula is C24H25N3O3. The molecule has 1 aliphatic rings. The number of fused-ring (bicyclic) bond motifs is 1. The molecule has 0 fully saturated rings. The van der Waals surface area contributed by atoms with Crippen LogP contribution in [0.4, 0.5) is 5.69 Å². The number of carbonyl (C=O) groups excluding carboxylic acids is 1. The van der Waals surface area contributed by atoms with Gasteiger partial charge in [-0.1, -0.05) is 13.0 Å². The van der Waals surface area contributed by atoms with Crippen molar-refractivity contribution in [1.82, 2.24) is 9.97 Å². The molecule has 2 heterocycles. The topological polar surface area (TPSA) is 86.6 Å². The molecule has 1 amide bonds. The van der Waals surface area contributed by atoms with Gasteiger partial charge < -0.3 is 15.1 Å². The Balaban J connectivity index is 1.76. The lowest BCUT2D eigenvalue weighted by atomic mass is 9.92. The first-order valence-corrected chi connectivity index (χ1v) is 10.2. The lowest BCUT2D eigenvalue weighted by molar-refractivity contribution is 0.0972. The third-order valence-corrected chi connectivity index (χ3v) is 5.68.